The first-order chi connectivity index (χ1) is 11.0. The molecule has 2 aromatic rings. The van der Waals surface area contributed by atoms with Gasteiger partial charge in [0.25, 0.3) is 0 Å². The van der Waals surface area contributed by atoms with Crippen molar-refractivity contribution < 1.29 is 23.0 Å². The first-order valence-electron chi connectivity index (χ1n) is 7.01. The molecule has 0 radical (unpaired) electrons. The Balaban J connectivity index is 2.32. The van der Waals surface area contributed by atoms with E-state index in [0.717, 1.165) is 6.07 Å². The summed E-state index contributed by atoms with van der Waals surface area (Å²) in [6.07, 6.45) is 0. The summed E-state index contributed by atoms with van der Waals surface area (Å²) in [6.45, 7) is 1.78. The van der Waals surface area contributed by atoms with Gasteiger partial charge in [-0.25, -0.2) is 8.78 Å². The van der Waals surface area contributed by atoms with Crippen molar-refractivity contribution in [1.82, 2.24) is 0 Å². The fourth-order valence-corrected chi connectivity index (χ4v) is 2.34. The first kappa shape index (κ1) is 16.9. The van der Waals surface area contributed by atoms with Gasteiger partial charge < -0.3 is 19.5 Å². The maximum absolute atomic E-state index is 13.9. The van der Waals surface area contributed by atoms with E-state index in [4.69, 9.17) is 14.2 Å². The Kier molecular flexibility index (Phi) is 5.26. The lowest BCUT2D eigenvalue weighted by molar-refractivity contribution is 0.324. The molecule has 2 rings (SSSR count). The average molecular weight is 323 g/mol. The third-order valence-electron chi connectivity index (χ3n) is 3.48. The molecule has 124 valence electrons. The van der Waals surface area contributed by atoms with Crippen LogP contribution in [-0.2, 0) is 0 Å². The molecular weight excluding hydrogens is 304 g/mol. The van der Waals surface area contributed by atoms with Gasteiger partial charge in [0, 0.05) is 29.4 Å². The molecule has 0 amide bonds. The lowest BCUT2D eigenvalue weighted by atomic mass is 10.1. The third-order valence-corrected chi connectivity index (χ3v) is 3.48. The van der Waals surface area contributed by atoms with E-state index in [1.807, 2.05) is 0 Å². The van der Waals surface area contributed by atoms with Crippen molar-refractivity contribution in [2.75, 3.05) is 26.6 Å². The SMILES string of the molecule is COc1cc(NC(C)c2ccc(F)cc2F)cc(OC)c1OC. The highest BCUT2D eigenvalue weighted by Gasteiger charge is 2.16. The van der Waals surface area contributed by atoms with E-state index in [2.05, 4.69) is 5.32 Å². The standard InChI is InChI=1S/C17H19F2NO3/c1-10(13-6-5-11(18)7-14(13)19)20-12-8-15(21-2)17(23-4)16(9-12)22-3/h5-10,20H,1-4H3. The smallest absolute Gasteiger partial charge is 0.203 e. The molecule has 23 heavy (non-hydrogen) atoms. The van der Waals surface area contributed by atoms with Gasteiger partial charge in [0.1, 0.15) is 11.6 Å². The molecule has 0 aliphatic carbocycles. The highest BCUT2D eigenvalue weighted by molar-refractivity contribution is 5.63. The van der Waals surface area contributed by atoms with Gasteiger partial charge in [-0.05, 0) is 13.0 Å². The molecule has 4 nitrogen and oxygen atoms in total. The molecule has 1 N–H and O–H groups in total. The lowest BCUT2D eigenvalue weighted by Gasteiger charge is -2.19. The van der Waals surface area contributed by atoms with Gasteiger partial charge in [-0.3, -0.25) is 0 Å². The van der Waals surface area contributed by atoms with Crippen molar-refractivity contribution in [2.24, 2.45) is 0 Å². The second-order valence-electron chi connectivity index (χ2n) is 4.95. The van der Waals surface area contributed by atoms with E-state index >= 15 is 0 Å². The van der Waals surface area contributed by atoms with Crippen LogP contribution in [0.2, 0.25) is 0 Å². The minimum Gasteiger partial charge on any atom is -0.493 e. The maximum atomic E-state index is 13.9. The van der Waals surface area contributed by atoms with E-state index < -0.39 is 11.6 Å². The summed E-state index contributed by atoms with van der Waals surface area (Å²) in [7, 11) is 4.55. The number of halogens is 2. The Morgan fingerprint density at radius 2 is 1.52 bits per heavy atom. The van der Waals surface area contributed by atoms with Crippen LogP contribution in [0.1, 0.15) is 18.5 Å². The van der Waals surface area contributed by atoms with E-state index in [9.17, 15) is 8.78 Å². The number of ether oxygens (including phenoxy) is 3. The second-order valence-corrected chi connectivity index (χ2v) is 4.95. The molecule has 0 spiro atoms. The van der Waals surface area contributed by atoms with Crippen molar-refractivity contribution in [3.05, 3.63) is 47.5 Å². The Morgan fingerprint density at radius 3 is 2.00 bits per heavy atom. The molecule has 0 heterocycles. The number of anilines is 1. The lowest BCUT2D eigenvalue weighted by Crippen LogP contribution is -2.09. The van der Waals surface area contributed by atoms with Gasteiger partial charge in [0.2, 0.25) is 5.75 Å². The van der Waals surface area contributed by atoms with Crippen LogP contribution in [0.25, 0.3) is 0 Å². The van der Waals surface area contributed by atoms with Crippen LogP contribution in [0.5, 0.6) is 17.2 Å². The van der Waals surface area contributed by atoms with Crippen LogP contribution >= 0.6 is 0 Å². The van der Waals surface area contributed by atoms with Crippen molar-refractivity contribution in [3.8, 4) is 17.2 Å². The van der Waals surface area contributed by atoms with Crippen LogP contribution in [0.4, 0.5) is 14.5 Å². The minimum absolute atomic E-state index is 0.361. The number of rotatable bonds is 6. The van der Waals surface area contributed by atoms with Gasteiger partial charge in [-0.2, -0.15) is 0 Å². The molecule has 0 fully saturated rings. The molecule has 0 bridgehead atoms. The van der Waals surface area contributed by atoms with Crippen molar-refractivity contribution in [2.45, 2.75) is 13.0 Å². The summed E-state index contributed by atoms with van der Waals surface area (Å²) in [5.41, 5.74) is 1.02. The summed E-state index contributed by atoms with van der Waals surface area (Å²) in [5.74, 6) is 0.243. The summed E-state index contributed by atoms with van der Waals surface area (Å²) in [6, 6.07) is 6.58. The number of methoxy groups -OCH3 is 3. The summed E-state index contributed by atoms with van der Waals surface area (Å²) in [4.78, 5) is 0. The first-order valence-corrected chi connectivity index (χ1v) is 7.01. The van der Waals surface area contributed by atoms with E-state index in [1.54, 1.807) is 19.1 Å². The van der Waals surface area contributed by atoms with Gasteiger partial charge in [0.05, 0.1) is 27.4 Å². The van der Waals surface area contributed by atoms with Crippen LogP contribution in [-0.4, -0.2) is 21.3 Å². The minimum atomic E-state index is -0.605. The third kappa shape index (κ3) is 3.64. The van der Waals surface area contributed by atoms with E-state index in [1.165, 1.54) is 33.5 Å². The highest BCUT2D eigenvalue weighted by Crippen LogP contribution is 2.40. The van der Waals surface area contributed by atoms with Gasteiger partial charge in [-0.1, -0.05) is 6.07 Å². The van der Waals surface area contributed by atoms with E-state index in [-0.39, 0.29) is 6.04 Å². The second kappa shape index (κ2) is 7.17. The fraction of sp³-hybridized carbons (Fsp3) is 0.294. The Bertz CT molecular complexity index is 667. The molecule has 0 aliphatic rings. The number of benzene rings is 2. The number of hydrogen-bond donors (Lipinski definition) is 1. The number of hydrogen-bond acceptors (Lipinski definition) is 4. The molecular formula is C17H19F2NO3. The van der Waals surface area contributed by atoms with Crippen molar-refractivity contribution in [1.29, 1.82) is 0 Å². The monoisotopic (exact) mass is 323 g/mol. The highest BCUT2D eigenvalue weighted by atomic mass is 19.1. The van der Waals surface area contributed by atoms with Crippen molar-refractivity contribution >= 4 is 5.69 Å². The molecule has 1 unspecified atom stereocenters. The quantitative estimate of drug-likeness (QED) is 0.866. The summed E-state index contributed by atoms with van der Waals surface area (Å²) in [5, 5.41) is 3.14. The normalized spacial score (nSPS) is 11.7. The van der Waals surface area contributed by atoms with Crippen LogP contribution in [0.15, 0.2) is 30.3 Å². The Hall–Kier alpha value is -2.50. The molecule has 0 saturated carbocycles. The zero-order chi connectivity index (χ0) is 17.0. The molecule has 0 aliphatic heterocycles. The van der Waals surface area contributed by atoms with Crippen molar-refractivity contribution in [3.63, 3.8) is 0 Å². The summed E-state index contributed by atoms with van der Waals surface area (Å²) < 4.78 is 42.7. The Labute approximate surface area is 134 Å². The maximum Gasteiger partial charge on any atom is 0.203 e. The zero-order valence-electron chi connectivity index (χ0n) is 13.4. The van der Waals surface area contributed by atoms with Crippen LogP contribution < -0.4 is 19.5 Å². The van der Waals surface area contributed by atoms with Gasteiger partial charge in [-0.15, -0.1) is 0 Å². The zero-order valence-corrected chi connectivity index (χ0v) is 13.4. The predicted molar refractivity (Wildman–Crippen MR) is 84.5 cm³/mol. The molecule has 0 aromatic heterocycles. The van der Waals surface area contributed by atoms with Gasteiger partial charge >= 0.3 is 0 Å². The van der Waals surface area contributed by atoms with Gasteiger partial charge in [0.15, 0.2) is 11.5 Å². The molecule has 0 saturated heterocycles. The molecule has 6 heteroatoms. The van der Waals surface area contributed by atoms with E-state index in [0.29, 0.717) is 28.5 Å². The number of nitrogens with one attached hydrogen (secondary N) is 1. The van der Waals surface area contributed by atoms with Crippen LogP contribution in [0, 0.1) is 11.6 Å². The molecule has 2 aromatic carbocycles. The van der Waals surface area contributed by atoms with Crippen LogP contribution in [0.3, 0.4) is 0 Å². The predicted octanol–water partition coefficient (Wildman–Crippen LogP) is 4.16. The Morgan fingerprint density at radius 1 is 0.913 bits per heavy atom. The molecule has 1 atom stereocenters. The fourth-order valence-electron chi connectivity index (χ4n) is 2.34. The average Bonchev–Trinajstić information content (AvgIpc) is 2.53. The summed E-state index contributed by atoms with van der Waals surface area (Å²) >= 11 is 0. The topological polar surface area (TPSA) is 39.7 Å². The largest absolute Gasteiger partial charge is 0.493 e.